The van der Waals surface area contributed by atoms with Gasteiger partial charge in [0.15, 0.2) is 0 Å². The molecule has 0 aromatic rings. The van der Waals surface area contributed by atoms with E-state index in [0.717, 1.165) is 6.42 Å². The minimum atomic E-state index is 0. The maximum Gasteiger partial charge on any atom is 0 e. The molecule has 0 aromatic carbocycles. The van der Waals surface area contributed by atoms with Crippen molar-refractivity contribution < 1.29 is 32.7 Å². The van der Waals surface area contributed by atoms with Crippen LogP contribution in [0.25, 0.3) is 0 Å². The molecule has 57 valence electrons. The SMILES string of the molecule is [CH2-]/C(CC)=C(\[CH2-])C(C)C.[Y]. The van der Waals surface area contributed by atoms with Crippen molar-refractivity contribution in [2.45, 2.75) is 27.2 Å². The second-order valence-corrected chi connectivity index (χ2v) is 2.64. The summed E-state index contributed by atoms with van der Waals surface area (Å²) in [7, 11) is 0. The van der Waals surface area contributed by atoms with Gasteiger partial charge in [0.1, 0.15) is 0 Å². The summed E-state index contributed by atoms with van der Waals surface area (Å²) in [6.45, 7) is 14.2. The first-order valence-corrected chi connectivity index (χ1v) is 3.46. The van der Waals surface area contributed by atoms with Crippen molar-refractivity contribution in [3.63, 3.8) is 0 Å². The molecule has 0 spiro atoms. The van der Waals surface area contributed by atoms with Gasteiger partial charge in [0, 0.05) is 32.7 Å². The number of allylic oxidation sites excluding steroid dienone is 2. The molecule has 0 fully saturated rings. The summed E-state index contributed by atoms with van der Waals surface area (Å²) in [4.78, 5) is 0. The van der Waals surface area contributed by atoms with Crippen molar-refractivity contribution >= 4 is 0 Å². The molecule has 1 radical (unpaired) electrons. The van der Waals surface area contributed by atoms with Crippen LogP contribution in [0.3, 0.4) is 0 Å². The Balaban J connectivity index is 0. The Morgan fingerprint density at radius 2 is 1.70 bits per heavy atom. The number of hydrogen-bond donors (Lipinski definition) is 0. The van der Waals surface area contributed by atoms with Crippen molar-refractivity contribution in [2.75, 3.05) is 0 Å². The molecule has 0 saturated carbocycles. The molecule has 0 atom stereocenters. The van der Waals surface area contributed by atoms with Crippen LogP contribution in [0.1, 0.15) is 27.2 Å². The molecule has 10 heavy (non-hydrogen) atoms. The zero-order valence-corrected chi connectivity index (χ0v) is 10.1. The molecule has 1 heteroatoms. The topological polar surface area (TPSA) is 0 Å². The third-order valence-corrected chi connectivity index (χ3v) is 1.58. The Bertz CT molecular complexity index is 112. The van der Waals surface area contributed by atoms with Crippen LogP contribution in [-0.4, -0.2) is 0 Å². The van der Waals surface area contributed by atoms with Crippen LogP contribution in [-0.2, 0) is 32.7 Å². The van der Waals surface area contributed by atoms with Crippen molar-refractivity contribution in [3.8, 4) is 0 Å². The molecule has 0 aliphatic heterocycles. The van der Waals surface area contributed by atoms with Crippen molar-refractivity contribution in [2.24, 2.45) is 5.92 Å². The van der Waals surface area contributed by atoms with E-state index in [1.807, 2.05) is 0 Å². The monoisotopic (exact) mass is 213 g/mol. The Morgan fingerprint density at radius 1 is 1.30 bits per heavy atom. The van der Waals surface area contributed by atoms with Gasteiger partial charge in [-0.2, -0.15) is 0 Å². The average molecular weight is 213 g/mol. The van der Waals surface area contributed by atoms with E-state index in [2.05, 4.69) is 34.6 Å². The van der Waals surface area contributed by atoms with Gasteiger partial charge in [0.25, 0.3) is 0 Å². The van der Waals surface area contributed by atoms with Gasteiger partial charge in [-0.3, -0.25) is 0 Å². The minimum absolute atomic E-state index is 0. The van der Waals surface area contributed by atoms with Gasteiger partial charge < -0.3 is 25.0 Å². The number of hydrogen-bond acceptors (Lipinski definition) is 0. The Morgan fingerprint density at radius 3 is 1.80 bits per heavy atom. The first kappa shape index (κ1) is 13.2. The molecule has 0 unspecified atom stereocenters. The zero-order chi connectivity index (χ0) is 7.44. The zero-order valence-electron chi connectivity index (χ0n) is 7.28. The summed E-state index contributed by atoms with van der Waals surface area (Å²) in [5, 5.41) is 0. The fraction of sp³-hybridized carbons (Fsp3) is 0.556. The maximum atomic E-state index is 3.93. The Labute approximate surface area is 90.4 Å². The molecule has 0 aromatic heterocycles. The minimum Gasteiger partial charge on any atom is -0.364 e. The van der Waals surface area contributed by atoms with Gasteiger partial charge >= 0.3 is 0 Å². The fourth-order valence-electron chi connectivity index (χ4n) is 0.635. The predicted molar refractivity (Wildman–Crippen MR) is 42.9 cm³/mol. The third-order valence-electron chi connectivity index (χ3n) is 1.58. The van der Waals surface area contributed by atoms with E-state index >= 15 is 0 Å². The van der Waals surface area contributed by atoms with Crippen LogP contribution in [0.5, 0.6) is 0 Å². The molecule has 0 rings (SSSR count). The van der Waals surface area contributed by atoms with Crippen LogP contribution < -0.4 is 0 Å². The van der Waals surface area contributed by atoms with E-state index in [4.69, 9.17) is 0 Å². The average Bonchev–Trinajstić information content (AvgIpc) is 1.84. The first-order valence-electron chi connectivity index (χ1n) is 3.46. The molecule has 0 amide bonds. The Kier molecular flexibility index (Phi) is 8.32. The van der Waals surface area contributed by atoms with Crippen LogP contribution in [0.4, 0.5) is 0 Å². The molecular formula is C9H16Y-2. The number of rotatable bonds is 2. The van der Waals surface area contributed by atoms with E-state index in [-0.39, 0.29) is 32.7 Å². The van der Waals surface area contributed by atoms with Crippen molar-refractivity contribution in [1.82, 2.24) is 0 Å². The molecule has 0 aliphatic rings. The van der Waals surface area contributed by atoms with Gasteiger partial charge in [-0.25, -0.2) is 0 Å². The van der Waals surface area contributed by atoms with Crippen LogP contribution in [0.15, 0.2) is 11.1 Å². The van der Waals surface area contributed by atoms with Gasteiger partial charge in [-0.15, -0.1) is 12.3 Å². The van der Waals surface area contributed by atoms with E-state index in [0.29, 0.717) is 5.92 Å². The smallest absolute Gasteiger partial charge is 0 e. The molecule has 0 N–H and O–H groups in total. The summed E-state index contributed by atoms with van der Waals surface area (Å²) in [6, 6.07) is 0. The van der Waals surface area contributed by atoms with Crippen LogP contribution in [0.2, 0.25) is 0 Å². The standard InChI is InChI=1S/C9H16.Y/c1-6-8(4)9(5)7(2)3;/h7H,4-6H2,1-3H3;/q-2;/b9-8-;. The largest absolute Gasteiger partial charge is 0.364 e. The van der Waals surface area contributed by atoms with Gasteiger partial charge in [-0.05, 0) is 0 Å². The quantitative estimate of drug-likeness (QED) is 0.618. The molecule has 0 heterocycles. The normalized spacial score (nSPS) is 12.4. The van der Waals surface area contributed by atoms with Crippen LogP contribution in [0, 0.1) is 19.8 Å². The molecule has 0 aliphatic carbocycles. The summed E-state index contributed by atoms with van der Waals surface area (Å²) >= 11 is 0. The summed E-state index contributed by atoms with van der Waals surface area (Å²) in [5.74, 6) is 0.553. The van der Waals surface area contributed by atoms with Gasteiger partial charge in [0.2, 0.25) is 0 Å². The van der Waals surface area contributed by atoms with Crippen molar-refractivity contribution in [3.05, 3.63) is 25.0 Å². The summed E-state index contributed by atoms with van der Waals surface area (Å²) in [5.41, 5.74) is 2.38. The molecule has 0 bridgehead atoms. The predicted octanol–water partition coefficient (Wildman–Crippen LogP) is 3.01. The summed E-state index contributed by atoms with van der Waals surface area (Å²) < 4.78 is 0. The maximum absolute atomic E-state index is 3.93. The van der Waals surface area contributed by atoms with Gasteiger partial charge in [-0.1, -0.05) is 20.8 Å². The van der Waals surface area contributed by atoms with E-state index < -0.39 is 0 Å². The molecular weight excluding hydrogens is 197 g/mol. The Hall–Kier alpha value is 0.584. The first-order chi connectivity index (χ1) is 4.09. The molecule has 0 nitrogen and oxygen atoms in total. The second kappa shape index (κ2) is 6.30. The third kappa shape index (κ3) is 4.41. The van der Waals surface area contributed by atoms with E-state index in [9.17, 15) is 0 Å². The van der Waals surface area contributed by atoms with E-state index in [1.54, 1.807) is 0 Å². The van der Waals surface area contributed by atoms with Crippen LogP contribution >= 0.6 is 0 Å². The second-order valence-electron chi connectivity index (χ2n) is 2.64. The summed E-state index contributed by atoms with van der Waals surface area (Å²) in [6.07, 6.45) is 1.02. The molecule has 0 saturated heterocycles. The fourth-order valence-corrected chi connectivity index (χ4v) is 0.635. The van der Waals surface area contributed by atoms with Crippen molar-refractivity contribution in [1.29, 1.82) is 0 Å². The van der Waals surface area contributed by atoms with Gasteiger partial charge in [0.05, 0.1) is 0 Å². The van der Waals surface area contributed by atoms with E-state index in [1.165, 1.54) is 11.1 Å².